The fourth-order valence-corrected chi connectivity index (χ4v) is 3.03. The normalized spacial score (nSPS) is 10.9. The number of nitrogens with zero attached hydrogens (tertiary/aromatic N) is 2. The maximum Gasteiger partial charge on any atom is 0.264 e. The highest BCUT2D eigenvalue weighted by Gasteiger charge is 2.00. The number of rotatable bonds is 7. The molecule has 0 fully saturated rings. The van der Waals surface area contributed by atoms with Gasteiger partial charge in [-0.15, -0.1) is 0 Å². The Bertz CT molecular complexity index is 769. The third-order valence-corrected chi connectivity index (χ3v) is 4.78. The first-order valence-electron chi connectivity index (χ1n) is 8.79. The molecule has 0 aliphatic carbocycles. The summed E-state index contributed by atoms with van der Waals surface area (Å²) in [7, 11) is -7.37. The van der Waals surface area contributed by atoms with Crippen LogP contribution < -0.4 is 0 Å². The van der Waals surface area contributed by atoms with E-state index < -0.39 is 20.2 Å². The van der Waals surface area contributed by atoms with Gasteiger partial charge in [-0.05, 0) is 25.0 Å². The Hall–Kier alpha value is -1.88. The Balaban J connectivity index is 0.000000408. The van der Waals surface area contributed by atoms with Gasteiger partial charge in [0.25, 0.3) is 20.2 Å². The Morgan fingerprint density at radius 1 is 0.750 bits per heavy atom. The summed E-state index contributed by atoms with van der Waals surface area (Å²) >= 11 is 0. The van der Waals surface area contributed by atoms with Crippen LogP contribution in [0.2, 0.25) is 0 Å². The van der Waals surface area contributed by atoms with Gasteiger partial charge in [-0.25, -0.2) is 0 Å². The molecular formula is C18H28N2O6S2. The fourth-order valence-electron chi connectivity index (χ4n) is 1.72. The number of hydrogen-bond acceptors (Lipinski definition) is 6. The first-order chi connectivity index (χ1) is 13.1. The molecule has 2 heterocycles. The lowest BCUT2D eigenvalue weighted by Crippen LogP contribution is -2.02. The Morgan fingerprint density at radius 2 is 1.11 bits per heavy atom. The van der Waals surface area contributed by atoms with Gasteiger partial charge < -0.3 is 0 Å². The highest BCUT2D eigenvalue weighted by molar-refractivity contribution is 7.86. The molecule has 0 radical (unpaired) electrons. The predicted molar refractivity (Wildman–Crippen MR) is 110 cm³/mol. The van der Waals surface area contributed by atoms with Gasteiger partial charge in [-0.2, -0.15) is 16.8 Å². The average molecular weight is 433 g/mol. The number of pyridine rings is 2. The molecule has 8 nitrogen and oxygen atoms in total. The monoisotopic (exact) mass is 432 g/mol. The molecule has 0 atom stereocenters. The molecule has 0 saturated carbocycles. The number of aromatic nitrogens is 2. The van der Waals surface area contributed by atoms with E-state index in [0.29, 0.717) is 12.8 Å². The standard InChI is InChI=1S/C10H8N2.2C4H10O3S/c1-3-9(7-11-5-1)10-4-2-6-12-8-10;2*1-2-3-4-8(5,6)7/h1-8H;2*2-4H2,1H3,(H,5,6,7). The van der Waals surface area contributed by atoms with Crippen molar-refractivity contribution in [1.29, 1.82) is 0 Å². The van der Waals surface area contributed by atoms with E-state index in [2.05, 4.69) is 9.97 Å². The second-order valence-electron chi connectivity index (χ2n) is 5.76. The molecule has 0 aromatic carbocycles. The van der Waals surface area contributed by atoms with Gasteiger partial charge in [-0.3, -0.25) is 19.1 Å². The van der Waals surface area contributed by atoms with Gasteiger partial charge >= 0.3 is 0 Å². The topological polar surface area (TPSA) is 135 Å². The van der Waals surface area contributed by atoms with Gasteiger partial charge in [0, 0.05) is 35.9 Å². The molecule has 0 amide bonds. The highest BCUT2D eigenvalue weighted by atomic mass is 32.2. The van der Waals surface area contributed by atoms with Crippen LogP contribution in [0.5, 0.6) is 0 Å². The van der Waals surface area contributed by atoms with E-state index in [1.54, 1.807) is 12.4 Å². The van der Waals surface area contributed by atoms with Crippen molar-refractivity contribution in [1.82, 2.24) is 9.97 Å². The van der Waals surface area contributed by atoms with Crippen molar-refractivity contribution in [2.45, 2.75) is 39.5 Å². The van der Waals surface area contributed by atoms with Crippen LogP contribution >= 0.6 is 0 Å². The zero-order chi connectivity index (χ0) is 21.5. The maximum absolute atomic E-state index is 9.95. The van der Waals surface area contributed by atoms with Gasteiger partial charge in [0.1, 0.15) is 0 Å². The second-order valence-corrected chi connectivity index (χ2v) is 8.91. The van der Waals surface area contributed by atoms with E-state index in [1.165, 1.54) is 0 Å². The summed E-state index contributed by atoms with van der Waals surface area (Å²) in [5.41, 5.74) is 2.20. The third kappa shape index (κ3) is 16.3. The van der Waals surface area contributed by atoms with Crippen molar-refractivity contribution in [2.75, 3.05) is 11.5 Å². The molecule has 2 aromatic heterocycles. The van der Waals surface area contributed by atoms with E-state index in [-0.39, 0.29) is 11.5 Å². The van der Waals surface area contributed by atoms with Crippen molar-refractivity contribution in [2.24, 2.45) is 0 Å². The van der Waals surface area contributed by atoms with Crippen molar-refractivity contribution in [3.05, 3.63) is 49.1 Å². The summed E-state index contributed by atoms with van der Waals surface area (Å²) in [4.78, 5) is 8.07. The molecule has 0 aliphatic heterocycles. The quantitative estimate of drug-likeness (QED) is 0.635. The van der Waals surface area contributed by atoms with E-state index in [0.717, 1.165) is 24.0 Å². The average Bonchev–Trinajstić information content (AvgIpc) is 2.66. The SMILES string of the molecule is CCCCS(=O)(=O)O.CCCCS(=O)(=O)O.c1cncc(-c2cccnc2)c1. The van der Waals surface area contributed by atoms with Crippen LogP contribution in [0.25, 0.3) is 11.1 Å². The summed E-state index contributed by atoms with van der Waals surface area (Å²) < 4.78 is 56.0. The lowest BCUT2D eigenvalue weighted by molar-refractivity contribution is 0.478. The fraction of sp³-hybridized carbons (Fsp3) is 0.444. The lowest BCUT2D eigenvalue weighted by Gasteiger charge is -1.97. The smallest absolute Gasteiger partial charge is 0.264 e. The first kappa shape index (κ1) is 26.1. The van der Waals surface area contributed by atoms with Crippen LogP contribution in [-0.2, 0) is 20.2 Å². The molecular weight excluding hydrogens is 404 g/mol. The largest absolute Gasteiger partial charge is 0.286 e. The molecule has 2 N–H and O–H groups in total. The Kier molecular flexibility index (Phi) is 13.2. The van der Waals surface area contributed by atoms with Gasteiger partial charge in [0.2, 0.25) is 0 Å². The summed E-state index contributed by atoms with van der Waals surface area (Å²) in [6.45, 7) is 3.73. The predicted octanol–water partition coefficient (Wildman–Crippen LogP) is 3.49. The molecule has 28 heavy (non-hydrogen) atoms. The van der Waals surface area contributed by atoms with Gasteiger partial charge in [0.05, 0.1) is 11.5 Å². The molecule has 2 aromatic rings. The zero-order valence-corrected chi connectivity index (χ0v) is 17.7. The molecule has 0 spiro atoms. The summed E-state index contributed by atoms with van der Waals surface area (Å²) in [6.07, 6.45) is 9.85. The van der Waals surface area contributed by atoms with Crippen molar-refractivity contribution in [3.8, 4) is 11.1 Å². The molecule has 10 heteroatoms. The Morgan fingerprint density at radius 3 is 1.29 bits per heavy atom. The van der Waals surface area contributed by atoms with Crippen LogP contribution in [0, 0.1) is 0 Å². The first-order valence-corrected chi connectivity index (χ1v) is 12.0. The summed E-state index contributed by atoms with van der Waals surface area (Å²) in [5.74, 6) is -0.215. The third-order valence-electron chi connectivity index (χ3n) is 3.17. The van der Waals surface area contributed by atoms with Crippen LogP contribution in [0.1, 0.15) is 39.5 Å². The van der Waals surface area contributed by atoms with Crippen LogP contribution in [-0.4, -0.2) is 47.4 Å². The highest BCUT2D eigenvalue weighted by Crippen LogP contribution is 2.14. The number of hydrogen-bond donors (Lipinski definition) is 2. The summed E-state index contributed by atoms with van der Waals surface area (Å²) in [5, 5.41) is 0. The minimum atomic E-state index is -3.69. The lowest BCUT2D eigenvalue weighted by atomic mass is 10.1. The van der Waals surface area contributed by atoms with Crippen LogP contribution in [0.3, 0.4) is 0 Å². The van der Waals surface area contributed by atoms with Crippen molar-refractivity contribution in [3.63, 3.8) is 0 Å². The molecule has 0 aliphatic rings. The molecule has 0 saturated heterocycles. The van der Waals surface area contributed by atoms with Crippen LogP contribution in [0.15, 0.2) is 49.1 Å². The minimum Gasteiger partial charge on any atom is -0.286 e. The molecule has 0 unspecified atom stereocenters. The van der Waals surface area contributed by atoms with E-state index in [9.17, 15) is 16.8 Å². The summed E-state index contributed by atoms with van der Waals surface area (Å²) in [6, 6.07) is 7.87. The van der Waals surface area contributed by atoms with Crippen molar-refractivity contribution >= 4 is 20.2 Å². The number of unbranched alkanes of at least 4 members (excludes halogenated alkanes) is 2. The van der Waals surface area contributed by atoms with Gasteiger partial charge in [0.15, 0.2) is 0 Å². The van der Waals surface area contributed by atoms with E-state index >= 15 is 0 Å². The van der Waals surface area contributed by atoms with E-state index in [4.69, 9.17) is 9.11 Å². The minimum absolute atomic E-state index is 0.108. The van der Waals surface area contributed by atoms with Gasteiger partial charge in [-0.1, -0.05) is 38.8 Å². The maximum atomic E-state index is 9.95. The molecule has 158 valence electrons. The molecule has 2 rings (SSSR count). The van der Waals surface area contributed by atoms with Crippen LogP contribution in [0.4, 0.5) is 0 Å². The Labute approximate surface area is 167 Å². The molecule has 0 bridgehead atoms. The zero-order valence-electron chi connectivity index (χ0n) is 16.1. The van der Waals surface area contributed by atoms with Crippen molar-refractivity contribution < 1.29 is 25.9 Å². The second kappa shape index (κ2) is 14.2. The van der Waals surface area contributed by atoms with E-state index in [1.807, 2.05) is 50.5 Å².